The van der Waals surface area contributed by atoms with Crippen LogP contribution in [0.5, 0.6) is 5.88 Å². The molecule has 0 fully saturated rings. The molecule has 7 heteroatoms. The van der Waals surface area contributed by atoms with Crippen molar-refractivity contribution < 1.29 is 4.74 Å². The van der Waals surface area contributed by atoms with Gasteiger partial charge in [-0.2, -0.15) is 5.26 Å². The molecule has 2 aromatic rings. The average molecular weight is 307 g/mol. The molecule has 3 N–H and O–H groups in total. The average Bonchev–Trinajstić information content (AvgIpc) is 3.03. The molecule has 5 nitrogen and oxygen atoms in total. The molecule has 20 heavy (non-hydrogen) atoms. The Balaban J connectivity index is 2.23. The first-order valence-electron chi connectivity index (χ1n) is 6.05. The topological polar surface area (TPSA) is 87.7 Å². The Morgan fingerprint density at radius 1 is 1.60 bits per heavy atom. The number of H-pyrrole nitrogens is 1. The van der Waals surface area contributed by atoms with Gasteiger partial charge in [0.2, 0.25) is 11.8 Å². The maximum atomic E-state index is 9.40. The first kappa shape index (κ1) is 13.0. The lowest BCUT2D eigenvalue weighted by atomic mass is 9.88. The Bertz CT molecular complexity index is 740. The molecular formula is C13H11ClN4OS. The number of hydrogen-bond acceptors (Lipinski definition) is 5. The number of fused-ring (bicyclic) bond motifs is 1. The number of nitriles is 1. The second-order valence-electron chi connectivity index (χ2n) is 4.34. The fourth-order valence-electron chi connectivity index (χ4n) is 2.35. The molecular weight excluding hydrogens is 296 g/mol. The Kier molecular flexibility index (Phi) is 3.16. The number of aromatic nitrogens is 2. The molecule has 102 valence electrons. The minimum absolute atomic E-state index is 0.101. The number of nitrogens with two attached hydrogens (primary N) is 1. The zero-order chi connectivity index (χ0) is 14.3. The summed E-state index contributed by atoms with van der Waals surface area (Å²) in [5, 5.41) is 16.5. The zero-order valence-corrected chi connectivity index (χ0v) is 12.2. The van der Waals surface area contributed by atoms with Crippen molar-refractivity contribution >= 4 is 22.9 Å². The van der Waals surface area contributed by atoms with Gasteiger partial charge in [0, 0.05) is 10.6 Å². The molecule has 1 aliphatic rings. The Labute approximate surface area is 124 Å². The molecule has 0 amide bonds. The molecule has 1 atom stereocenters. The van der Waals surface area contributed by atoms with Crippen molar-refractivity contribution in [3.8, 4) is 11.9 Å². The monoisotopic (exact) mass is 306 g/mol. The molecule has 1 aliphatic heterocycles. The number of aromatic amines is 1. The number of hydrogen-bond donors (Lipinski definition) is 2. The van der Waals surface area contributed by atoms with E-state index >= 15 is 0 Å². The molecule has 0 radical (unpaired) electrons. The first-order valence-corrected chi connectivity index (χ1v) is 7.25. The molecule has 0 aliphatic carbocycles. The van der Waals surface area contributed by atoms with Crippen molar-refractivity contribution in [2.45, 2.75) is 19.3 Å². The van der Waals surface area contributed by atoms with Crippen molar-refractivity contribution in [2.24, 2.45) is 5.73 Å². The van der Waals surface area contributed by atoms with E-state index in [-0.39, 0.29) is 11.8 Å². The van der Waals surface area contributed by atoms with E-state index < -0.39 is 0 Å². The van der Waals surface area contributed by atoms with Gasteiger partial charge in [0.25, 0.3) is 0 Å². The van der Waals surface area contributed by atoms with Crippen LogP contribution in [0.25, 0.3) is 0 Å². The van der Waals surface area contributed by atoms with Crippen LogP contribution in [-0.4, -0.2) is 10.2 Å². The third-order valence-electron chi connectivity index (χ3n) is 3.25. The standard InChI is InChI=1S/C13H11ClN4OS/c1-2-7-11-10(8-3-4-9(14)20-8)6(5-15)12(16)19-13(11)18-17-7/h3-4,10H,2,16H2,1H3,(H,17,18)/t10-/m0/s1. The van der Waals surface area contributed by atoms with Crippen molar-refractivity contribution in [1.82, 2.24) is 10.2 Å². The number of aryl methyl sites for hydroxylation is 1. The number of allylic oxidation sites excluding steroid dienone is 1. The Morgan fingerprint density at radius 3 is 3.00 bits per heavy atom. The van der Waals surface area contributed by atoms with Crippen molar-refractivity contribution in [3.63, 3.8) is 0 Å². The van der Waals surface area contributed by atoms with E-state index in [1.807, 2.05) is 19.1 Å². The summed E-state index contributed by atoms with van der Waals surface area (Å²) < 4.78 is 6.11. The van der Waals surface area contributed by atoms with Crippen LogP contribution in [0.2, 0.25) is 4.34 Å². The lowest BCUT2D eigenvalue weighted by Crippen LogP contribution is -2.20. The highest BCUT2D eigenvalue weighted by atomic mass is 35.5. The number of halogens is 1. The number of nitrogens with zero attached hydrogens (tertiary/aromatic N) is 2. The lowest BCUT2D eigenvalue weighted by molar-refractivity contribution is 0.379. The van der Waals surface area contributed by atoms with Crippen LogP contribution in [0.15, 0.2) is 23.6 Å². The van der Waals surface area contributed by atoms with Crippen LogP contribution in [0.1, 0.15) is 29.0 Å². The molecule has 0 saturated carbocycles. The van der Waals surface area contributed by atoms with Gasteiger partial charge < -0.3 is 10.5 Å². The van der Waals surface area contributed by atoms with Gasteiger partial charge >= 0.3 is 0 Å². The van der Waals surface area contributed by atoms with Crippen LogP contribution in [-0.2, 0) is 6.42 Å². The molecule has 0 unspecified atom stereocenters. The van der Waals surface area contributed by atoms with Gasteiger partial charge in [-0.25, -0.2) is 0 Å². The Hall–Kier alpha value is -1.97. The number of thiophene rings is 1. The van der Waals surface area contributed by atoms with Gasteiger partial charge in [0.15, 0.2) is 0 Å². The van der Waals surface area contributed by atoms with Gasteiger partial charge in [-0.15, -0.1) is 16.4 Å². The van der Waals surface area contributed by atoms with Crippen LogP contribution in [0.4, 0.5) is 0 Å². The third kappa shape index (κ3) is 1.87. The second kappa shape index (κ2) is 4.85. The third-order valence-corrected chi connectivity index (χ3v) is 4.55. The van der Waals surface area contributed by atoms with E-state index in [0.29, 0.717) is 15.8 Å². The van der Waals surface area contributed by atoms with Crippen molar-refractivity contribution in [3.05, 3.63) is 44.1 Å². The summed E-state index contributed by atoms with van der Waals surface area (Å²) >= 11 is 7.44. The normalized spacial score (nSPS) is 17.6. The van der Waals surface area contributed by atoms with Gasteiger partial charge in [-0.1, -0.05) is 18.5 Å². The SMILES string of the molecule is CCc1[nH]nc2c1[C@H](c1ccc(Cl)s1)C(C#N)=C(N)O2. The van der Waals surface area contributed by atoms with E-state index in [2.05, 4.69) is 16.3 Å². The summed E-state index contributed by atoms with van der Waals surface area (Å²) in [4.78, 5) is 0.954. The largest absolute Gasteiger partial charge is 0.420 e. The number of rotatable bonds is 2. The maximum absolute atomic E-state index is 9.40. The van der Waals surface area contributed by atoms with Crippen LogP contribution >= 0.6 is 22.9 Å². The highest BCUT2D eigenvalue weighted by Crippen LogP contribution is 2.45. The van der Waals surface area contributed by atoms with Crippen LogP contribution in [0, 0.1) is 11.3 Å². The molecule has 0 spiro atoms. The predicted molar refractivity (Wildman–Crippen MR) is 76.6 cm³/mol. The summed E-state index contributed by atoms with van der Waals surface area (Å²) in [6.07, 6.45) is 0.764. The highest BCUT2D eigenvalue weighted by molar-refractivity contribution is 7.16. The van der Waals surface area contributed by atoms with Crippen LogP contribution in [0.3, 0.4) is 0 Å². The molecule has 3 rings (SSSR count). The fourth-order valence-corrected chi connectivity index (χ4v) is 3.53. The quantitative estimate of drug-likeness (QED) is 0.893. The van der Waals surface area contributed by atoms with E-state index in [4.69, 9.17) is 22.1 Å². The van der Waals surface area contributed by atoms with E-state index in [1.54, 1.807) is 0 Å². The molecule has 3 heterocycles. The van der Waals surface area contributed by atoms with Gasteiger partial charge in [0.05, 0.1) is 15.8 Å². The number of nitrogens with one attached hydrogen (secondary N) is 1. The minimum Gasteiger partial charge on any atom is -0.420 e. The maximum Gasteiger partial charge on any atom is 0.244 e. The van der Waals surface area contributed by atoms with Crippen molar-refractivity contribution in [2.75, 3.05) is 0 Å². The minimum atomic E-state index is -0.269. The fraction of sp³-hybridized carbons (Fsp3) is 0.231. The van der Waals surface area contributed by atoms with E-state index in [0.717, 1.165) is 22.6 Å². The Morgan fingerprint density at radius 2 is 2.40 bits per heavy atom. The van der Waals surface area contributed by atoms with Gasteiger partial charge in [-0.05, 0) is 18.6 Å². The van der Waals surface area contributed by atoms with E-state index in [1.165, 1.54) is 11.3 Å². The summed E-state index contributed by atoms with van der Waals surface area (Å²) in [6.45, 7) is 2.01. The van der Waals surface area contributed by atoms with E-state index in [9.17, 15) is 5.26 Å². The van der Waals surface area contributed by atoms with Gasteiger partial charge in [0.1, 0.15) is 11.6 Å². The second-order valence-corrected chi connectivity index (χ2v) is 6.09. The summed E-state index contributed by atoms with van der Waals surface area (Å²) in [5.74, 6) is 0.270. The summed E-state index contributed by atoms with van der Waals surface area (Å²) in [7, 11) is 0. The molecule has 0 saturated heterocycles. The molecule has 2 aromatic heterocycles. The molecule has 0 aromatic carbocycles. The summed E-state index contributed by atoms with van der Waals surface area (Å²) in [6, 6.07) is 5.86. The molecule has 0 bridgehead atoms. The first-order chi connectivity index (χ1) is 9.65. The highest BCUT2D eigenvalue weighted by Gasteiger charge is 2.35. The van der Waals surface area contributed by atoms with Crippen molar-refractivity contribution in [1.29, 1.82) is 5.26 Å². The predicted octanol–water partition coefficient (Wildman–Crippen LogP) is 2.91. The van der Waals surface area contributed by atoms with Gasteiger partial charge in [-0.3, -0.25) is 5.10 Å². The lowest BCUT2D eigenvalue weighted by Gasteiger charge is -2.22. The summed E-state index contributed by atoms with van der Waals surface area (Å²) in [5.41, 5.74) is 8.05. The smallest absolute Gasteiger partial charge is 0.244 e. The van der Waals surface area contributed by atoms with Crippen LogP contribution < -0.4 is 10.5 Å². The number of ether oxygens (including phenoxy) is 1. The zero-order valence-electron chi connectivity index (χ0n) is 10.6.